The van der Waals surface area contributed by atoms with Gasteiger partial charge in [-0.25, -0.2) is 9.13 Å². The van der Waals surface area contributed by atoms with E-state index in [1.165, 1.54) is 12.4 Å². The van der Waals surface area contributed by atoms with Gasteiger partial charge in [0, 0.05) is 6.54 Å². The number of imidazole rings is 1. The molecule has 0 aromatic carbocycles. The number of nitrogens with one attached hydrogen (secondary N) is 1. The van der Waals surface area contributed by atoms with Crippen molar-refractivity contribution >= 4 is 19.7 Å². The van der Waals surface area contributed by atoms with E-state index in [-0.39, 0.29) is 56.6 Å². The Kier molecular flexibility index (Phi) is 11.6. The number of hydrogen-bond donors (Lipinski definition) is 5. The summed E-state index contributed by atoms with van der Waals surface area (Å²) in [5.74, 6) is -0.792. The van der Waals surface area contributed by atoms with Crippen molar-refractivity contribution < 1.29 is 65.1 Å². The number of aromatic nitrogens is 2. The quantitative estimate of drug-likeness (QED) is 0.152. The molecule has 12 nitrogen and oxygen atoms in total. The van der Waals surface area contributed by atoms with Crippen molar-refractivity contribution in [2.24, 2.45) is 0 Å². The zero-order valence-corrected chi connectivity index (χ0v) is 13.9. The van der Waals surface area contributed by atoms with Gasteiger partial charge in [0.15, 0.2) is 6.54 Å². The third kappa shape index (κ3) is 12.6. The summed E-state index contributed by atoms with van der Waals surface area (Å²) in [6, 6.07) is 0. The molecule has 1 aromatic heterocycles. The van der Waals surface area contributed by atoms with Gasteiger partial charge in [-0.3, -0.25) is 4.79 Å². The molecule has 21 heavy (non-hydrogen) atoms. The summed E-state index contributed by atoms with van der Waals surface area (Å²) in [6.45, 7) is -0.227. The van der Waals surface area contributed by atoms with Crippen molar-refractivity contribution in [1.29, 1.82) is 0 Å². The molecule has 0 spiro atoms. The van der Waals surface area contributed by atoms with Gasteiger partial charge in [-0.15, -0.1) is 0 Å². The Morgan fingerprint density at radius 3 is 2.48 bits per heavy atom. The molecule has 0 bridgehead atoms. The van der Waals surface area contributed by atoms with Crippen molar-refractivity contribution in [3.63, 3.8) is 0 Å². The molecule has 1 aromatic rings. The van der Waals surface area contributed by atoms with Crippen LogP contribution >= 0.6 is 7.82 Å². The Morgan fingerprint density at radius 1 is 1.52 bits per heavy atom. The van der Waals surface area contributed by atoms with Crippen LogP contribution in [0, 0.1) is 10.1 Å². The minimum atomic E-state index is -4.64. The Morgan fingerprint density at radius 2 is 2.05 bits per heavy atom. The van der Waals surface area contributed by atoms with Gasteiger partial charge in [0.2, 0.25) is 0 Å². The first kappa shape index (κ1) is 22.4. The van der Waals surface area contributed by atoms with Crippen LogP contribution in [0.4, 0.5) is 5.95 Å². The fraction of sp³-hybridized carbons (Fsp3) is 0.429. The van der Waals surface area contributed by atoms with Crippen LogP contribution in [0.1, 0.15) is 1.43 Å². The van der Waals surface area contributed by atoms with E-state index in [0.29, 0.717) is 0 Å². The smallest absolute Gasteiger partial charge is 1.00 e. The number of aliphatic hydroxyl groups excluding tert-OH is 1. The average Bonchev–Trinajstić information content (AvgIpc) is 2.72. The van der Waals surface area contributed by atoms with E-state index in [1.807, 2.05) is 0 Å². The second kappa shape index (κ2) is 10.8. The maximum absolute atomic E-state index is 11.2. The molecule has 0 aliphatic heterocycles. The van der Waals surface area contributed by atoms with Crippen LogP contribution in [-0.2, 0) is 15.9 Å². The van der Waals surface area contributed by atoms with Crippen LogP contribution in [0.2, 0.25) is 0 Å². The van der Waals surface area contributed by atoms with E-state index < -0.39 is 18.7 Å². The molecule has 14 heteroatoms. The zero-order chi connectivity index (χ0) is 15.8. The SMILES string of the molecule is O=C(Cn1ccnc1[N+](=O)[O-])NCCO.O=P(O)(O)O.[H-].[Na+]. The van der Waals surface area contributed by atoms with Crippen molar-refractivity contribution in [2.75, 3.05) is 13.2 Å². The first-order valence-corrected chi connectivity index (χ1v) is 6.53. The molecule has 0 unspecified atom stereocenters. The number of phosphoric acid groups is 1. The Labute approximate surface area is 142 Å². The number of amides is 1. The van der Waals surface area contributed by atoms with E-state index >= 15 is 0 Å². The summed E-state index contributed by atoms with van der Waals surface area (Å²) in [4.78, 5) is 46.0. The van der Waals surface area contributed by atoms with Gasteiger partial charge in [0.05, 0.1) is 6.61 Å². The monoisotopic (exact) mass is 336 g/mol. The number of nitrogens with zero attached hydrogens (tertiary/aromatic N) is 3. The molecule has 0 atom stereocenters. The van der Waals surface area contributed by atoms with E-state index in [9.17, 15) is 14.9 Å². The topological polar surface area (TPSA) is 188 Å². The molecule has 1 amide bonds. The van der Waals surface area contributed by atoms with Gasteiger partial charge < -0.3 is 36.6 Å². The summed E-state index contributed by atoms with van der Waals surface area (Å²) < 4.78 is 10.00. The van der Waals surface area contributed by atoms with Gasteiger partial charge in [-0.05, 0) is 4.92 Å². The average molecular weight is 336 g/mol. The zero-order valence-electron chi connectivity index (χ0n) is 12.0. The molecular formula is C7H14N4NaO8P. The number of aliphatic hydroxyl groups is 1. The van der Waals surface area contributed by atoms with Crippen molar-refractivity contribution in [3.8, 4) is 0 Å². The normalized spacial score (nSPS) is 9.90. The predicted molar refractivity (Wildman–Crippen MR) is 64.4 cm³/mol. The van der Waals surface area contributed by atoms with E-state index in [4.69, 9.17) is 24.4 Å². The Bertz CT molecular complexity index is 500. The maximum Gasteiger partial charge on any atom is 1.00 e. The Hall–Kier alpha value is -0.850. The molecule has 0 radical (unpaired) electrons. The standard InChI is InChI=1S/C7H10N4O4.Na.H3O4P.H/c12-4-2-8-6(13)5-10-3-1-9-7(10)11(14)15;;1-5(2,3)4;/h1,3,12H,2,4-5H2,(H,8,13);;(H3,1,2,3,4);/q;+1;;-1. The second-order valence-corrected chi connectivity index (χ2v) is 4.23. The van der Waals surface area contributed by atoms with Crippen LogP contribution in [0.3, 0.4) is 0 Å². The number of rotatable bonds is 5. The Balaban J connectivity index is -0.000000452. The number of nitro groups is 1. The first-order chi connectivity index (χ1) is 9.15. The molecular weight excluding hydrogens is 322 g/mol. The van der Waals surface area contributed by atoms with E-state index in [1.54, 1.807) is 0 Å². The number of hydrogen-bond acceptors (Lipinski definition) is 6. The summed E-state index contributed by atoms with van der Waals surface area (Å²) in [5, 5.41) is 21.2. The minimum Gasteiger partial charge on any atom is -1.00 e. The van der Waals surface area contributed by atoms with Gasteiger partial charge in [0.1, 0.15) is 12.4 Å². The van der Waals surface area contributed by atoms with Crippen LogP contribution in [0.25, 0.3) is 0 Å². The number of carbonyl (C=O) groups is 1. The molecule has 0 saturated carbocycles. The van der Waals surface area contributed by atoms with Gasteiger partial charge >= 0.3 is 43.3 Å². The molecule has 0 saturated heterocycles. The molecule has 1 rings (SSSR count). The third-order valence-corrected chi connectivity index (χ3v) is 1.60. The van der Waals surface area contributed by atoms with Crippen molar-refractivity contribution in [1.82, 2.24) is 14.9 Å². The van der Waals surface area contributed by atoms with Crippen LogP contribution in [0.5, 0.6) is 0 Å². The fourth-order valence-corrected chi connectivity index (χ4v) is 1.00. The third-order valence-electron chi connectivity index (χ3n) is 1.60. The van der Waals surface area contributed by atoms with Gasteiger partial charge in [0.25, 0.3) is 5.91 Å². The molecule has 116 valence electrons. The van der Waals surface area contributed by atoms with Crippen LogP contribution in [0.15, 0.2) is 12.4 Å². The largest absolute Gasteiger partial charge is 1.00 e. The molecule has 0 aliphatic carbocycles. The summed E-state index contributed by atoms with van der Waals surface area (Å²) in [6.07, 6.45) is 2.59. The minimum absolute atomic E-state index is 0. The second-order valence-electron chi connectivity index (χ2n) is 3.20. The summed E-state index contributed by atoms with van der Waals surface area (Å²) in [7, 11) is -4.64. The van der Waals surface area contributed by atoms with Crippen LogP contribution in [-0.4, -0.2) is 53.3 Å². The van der Waals surface area contributed by atoms with Crippen LogP contribution < -0.4 is 34.9 Å². The van der Waals surface area contributed by atoms with Crippen molar-refractivity contribution in [3.05, 3.63) is 22.5 Å². The molecule has 1 heterocycles. The fourth-order valence-electron chi connectivity index (χ4n) is 1.00. The summed E-state index contributed by atoms with van der Waals surface area (Å²) in [5.41, 5.74) is 0. The first-order valence-electron chi connectivity index (χ1n) is 4.96. The maximum atomic E-state index is 11.2. The molecule has 0 fully saturated rings. The number of carbonyl (C=O) groups excluding carboxylic acids is 1. The summed E-state index contributed by atoms with van der Waals surface area (Å²) >= 11 is 0. The van der Waals surface area contributed by atoms with Gasteiger partial charge in [-0.1, -0.05) is 4.98 Å². The molecule has 5 N–H and O–H groups in total. The van der Waals surface area contributed by atoms with Gasteiger partial charge in [-0.2, -0.15) is 0 Å². The molecule has 0 aliphatic rings. The predicted octanol–water partition coefficient (Wildman–Crippen LogP) is -4.91. The van der Waals surface area contributed by atoms with E-state index in [2.05, 4.69) is 10.3 Å². The van der Waals surface area contributed by atoms with E-state index in [0.717, 1.165) is 4.57 Å². The van der Waals surface area contributed by atoms with Crippen molar-refractivity contribution in [2.45, 2.75) is 6.54 Å².